The SMILES string of the molecule is CC(C)CC(=O)CC(=O)Nc1ccccn1. The zero-order chi connectivity index (χ0) is 12.0. The van der Waals surface area contributed by atoms with Gasteiger partial charge in [-0.3, -0.25) is 9.59 Å². The van der Waals surface area contributed by atoms with Gasteiger partial charge in [0.15, 0.2) is 0 Å². The number of nitrogens with one attached hydrogen (secondary N) is 1. The number of hydrogen-bond donors (Lipinski definition) is 1. The first kappa shape index (κ1) is 12.4. The molecule has 1 aromatic rings. The topological polar surface area (TPSA) is 59.1 Å². The lowest BCUT2D eigenvalue weighted by Crippen LogP contribution is -2.17. The van der Waals surface area contributed by atoms with Crippen molar-refractivity contribution in [3.05, 3.63) is 24.4 Å². The Morgan fingerprint density at radius 2 is 2.12 bits per heavy atom. The lowest BCUT2D eigenvalue weighted by atomic mass is 10.1. The van der Waals surface area contributed by atoms with Crippen LogP contribution in [0, 0.1) is 5.92 Å². The Morgan fingerprint density at radius 1 is 1.38 bits per heavy atom. The summed E-state index contributed by atoms with van der Waals surface area (Å²) in [5.41, 5.74) is 0. The van der Waals surface area contributed by atoms with Gasteiger partial charge in [-0.15, -0.1) is 0 Å². The second-order valence-corrected chi connectivity index (χ2v) is 4.08. The molecule has 0 aromatic carbocycles. The van der Waals surface area contributed by atoms with Crippen LogP contribution in [0.2, 0.25) is 0 Å². The fourth-order valence-corrected chi connectivity index (χ4v) is 1.33. The summed E-state index contributed by atoms with van der Waals surface area (Å²) in [5.74, 6) is 0.424. The van der Waals surface area contributed by atoms with E-state index in [0.29, 0.717) is 12.2 Å². The first-order valence-electron chi connectivity index (χ1n) is 5.30. The number of aromatic nitrogens is 1. The van der Waals surface area contributed by atoms with Crippen LogP contribution in [-0.4, -0.2) is 16.7 Å². The largest absolute Gasteiger partial charge is 0.310 e. The molecular weight excluding hydrogens is 204 g/mol. The molecule has 0 aliphatic rings. The van der Waals surface area contributed by atoms with E-state index in [2.05, 4.69) is 10.3 Å². The molecule has 0 saturated heterocycles. The standard InChI is InChI=1S/C12H16N2O2/c1-9(2)7-10(15)8-12(16)14-11-5-3-4-6-13-11/h3-6,9H,7-8H2,1-2H3,(H,13,14,16). The van der Waals surface area contributed by atoms with Crippen molar-refractivity contribution in [2.45, 2.75) is 26.7 Å². The lowest BCUT2D eigenvalue weighted by Gasteiger charge is -2.05. The Hall–Kier alpha value is -1.71. The third-order valence-electron chi connectivity index (χ3n) is 1.93. The number of nitrogens with zero attached hydrogens (tertiary/aromatic N) is 1. The van der Waals surface area contributed by atoms with E-state index < -0.39 is 0 Å². The van der Waals surface area contributed by atoms with Crippen molar-refractivity contribution >= 4 is 17.5 Å². The molecule has 1 N–H and O–H groups in total. The highest BCUT2D eigenvalue weighted by Crippen LogP contribution is 2.05. The Bertz CT molecular complexity index is 361. The van der Waals surface area contributed by atoms with Crippen molar-refractivity contribution < 1.29 is 9.59 Å². The van der Waals surface area contributed by atoms with Gasteiger partial charge in [0.05, 0.1) is 6.42 Å². The summed E-state index contributed by atoms with van der Waals surface area (Å²) in [5, 5.41) is 2.58. The maximum Gasteiger partial charge on any atom is 0.232 e. The molecule has 0 atom stereocenters. The van der Waals surface area contributed by atoms with Crippen molar-refractivity contribution in [1.82, 2.24) is 4.98 Å². The first-order valence-corrected chi connectivity index (χ1v) is 5.30. The maximum absolute atomic E-state index is 11.4. The lowest BCUT2D eigenvalue weighted by molar-refractivity contribution is -0.125. The van der Waals surface area contributed by atoms with E-state index >= 15 is 0 Å². The van der Waals surface area contributed by atoms with Gasteiger partial charge in [-0.05, 0) is 18.1 Å². The fraction of sp³-hybridized carbons (Fsp3) is 0.417. The molecule has 0 aliphatic carbocycles. The van der Waals surface area contributed by atoms with E-state index in [1.54, 1.807) is 24.4 Å². The maximum atomic E-state index is 11.4. The molecule has 0 unspecified atom stereocenters. The minimum absolute atomic E-state index is 0.0385. The van der Waals surface area contributed by atoms with Gasteiger partial charge in [-0.1, -0.05) is 19.9 Å². The Morgan fingerprint density at radius 3 is 2.69 bits per heavy atom. The molecule has 0 radical (unpaired) electrons. The van der Waals surface area contributed by atoms with E-state index in [9.17, 15) is 9.59 Å². The summed E-state index contributed by atoms with van der Waals surface area (Å²) in [4.78, 5) is 26.7. The number of amides is 1. The normalized spacial score (nSPS) is 10.2. The highest BCUT2D eigenvalue weighted by molar-refractivity contribution is 6.03. The van der Waals surface area contributed by atoms with Gasteiger partial charge in [0.1, 0.15) is 11.6 Å². The molecule has 1 heterocycles. The third kappa shape index (κ3) is 4.68. The molecule has 4 heteroatoms. The van der Waals surface area contributed by atoms with Crippen molar-refractivity contribution in [2.75, 3.05) is 5.32 Å². The van der Waals surface area contributed by atoms with Crippen molar-refractivity contribution in [3.8, 4) is 0 Å². The summed E-state index contributed by atoms with van der Waals surface area (Å²) in [7, 11) is 0. The van der Waals surface area contributed by atoms with Crippen LogP contribution in [0.25, 0.3) is 0 Å². The first-order chi connectivity index (χ1) is 7.58. The van der Waals surface area contributed by atoms with Crippen molar-refractivity contribution in [1.29, 1.82) is 0 Å². The average molecular weight is 220 g/mol. The Labute approximate surface area is 95.1 Å². The number of Topliss-reactive ketones (excluding diaryl/α,β-unsaturated/α-hetero) is 1. The molecule has 4 nitrogen and oxygen atoms in total. The van der Waals surface area contributed by atoms with E-state index in [4.69, 9.17) is 0 Å². The van der Waals surface area contributed by atoms with Gasteiger partial charge in [0.25, 0.3) is 0 Å². The van der Waals surface area contributed by atoms with E-state index in [1.807, 2.05) is 13.8 Å². The van der Waals surface area contributed by atoms with Gasteiger partial charge >= 0.3 is 0 Å². The van der Waals surface area contributed by atoms with Gasteiger partial charge in [0.2, 0.25) is 5.91 Å². The fourth-order valence-electron chi connectivity index (χ4n) is 1.33. The number of carbonyl (C=O) groups excluding carboxylic acids is 2. The van der Waals surface area contributed by atoms with E-state index in [0.717, 1.165) is 0 Å². The zero-order valence-electron chi connectivity index (χ0n) is 9.56. The quantitative estimate of drug-likeness (QED) is 0.772. The van der Waals surface area contributed by atoms with E-state index in [1.165, 1.54) is 0 Å². The van der Waals surface area contributed by atoms with E-state index in [-0.39, 0.29) is 24.0 Å². The molecule has 0 bridgehead atoms. The van der Waals surface area contributed by atoms with Gasteiger partial charge < -0.3 is 5.32 Å². The molecule has 0 aliphatic heterocycles. The minimum Gasteiger partial charge on any atom is -0.310 e. The number of pyridine rings is 1. The molecule has 1 amide bonds. The number of ketones is 1. The predicted octanol–water partition coefficient (Wildman–Crippen LogP) is 2.03. The predicted molar refractivity (Wildman–Crippen MR) is 61.9 cm³/mol. The second kappa shape index (κ2) is 6.00. The molecule has 0 fully saturated rings. The van der Waals surface area contributed by atoms with Crippen molar-refractivity contribution in [3.63, 3.8) is 0 Å². The molecule has 16 heavy (non-hydrogen) atoms. The molecule has 1 rings (SSSR count). The summed E-state index contributed by atoms with van der Waals surface area (Å²) < 4.78 is 0. The van der Waals surface area contributed by atoms with Gasteiger partial charge in [0, 0.05) is 12.6 Å². The van der Waals surface area contributed by atoms with Crippen molar-refractivity contribution in [2.24, 2.45) is 5.92 Å². The Kier molecular flexibility index (Phi) is 4.64. The number of anilines is 1. The molecule has 1 aromatic heterocycles. The van der Waals surface area contributed by atoms with Crippen LogP contribution in [0.5, 0.6) is 0 Å². The highest BCUT2D eigenvalue weighted by atomic mass is 16.2. The second-order valence-electron chi connectivity index (χ2n) is 4.08. The highest BCUT2D eigenvalue weighted by Gasteiger charge is 2.11. The monoisotopic (exact) mass is 220 g/mol. The van der Waals surface area contributed by atoms with Crippen LogP contribution in [0.3, 0.4) is 0 Å². The smallest absolute Gasteiger partial charge is 0.232 e. The van der Waals surface area contributed by atoms with Crippen LogP contribution in [0.4, 0.5) is 5.82 Å². The summed E-state index contributed by atoms with van der Waals surface area (Å²) in [6.07, 6.45) is 1.95. The average Bonchev–Trinajstić information content (AvgIpc) is 2.17. The molecule has 0 spiro atoms. The minimum atomic E-state index is -0.302. The number of hydrogen-bond acceptors (Lipinski definition) is 3. The van der Waals surface area contributed by atoms with Crippen LogP contribution < -0.4 is 5.32 Å². The van der Waals surface area contributed by atoms with Crippen LogP contribution in [0.15, 0.2) is 24.4 Å². The summed E-state index contributed by atoms with van der Waals surface area (Å²) >= 11 is 0. The number of carbonyl (C=O) groups is 2. The number of rotatable bonds is 5. The van der Waals surface area contributed by atoms with Crippen LogP contribution >= 0.6 is 0 Å². The zero-order valence-corrected chi connectivity index (χ0v) is 9.56. The van der Waals surface area contributed by atoms with Crippen LogP contribution in [0.1, 0.15) is 26.7 Å². The molecule has 86 valence electrons. The molecular formula is C12H16N2O2. The summed E-state index contributed by atoms with van der Waals surface area (Å²) in [6, 6.07) is 5.23. The Balaban J connectivity index is 2.39. The third-order valence-corrected chi connectivity index (χ3v) is 1.93. The molecule has 0 saturated carbocycles. The van der Waals surface area contributed by atoms with Gasteiger partial charge in [-0.25, -0.2) is 4.98 Å². The summed E-state index contributed by atoms with van der Waals surface area (Å²) in [6.45, 7) is 3.91. The van der Waals surface area contributed by atoms with Crippen LogP contribution in [-0.2, 0) is 9.59 Å². The van der Waals surface area contributed by atoms with Gasteiger partial charge in [-0.2, -0.15) is 0 Å².